The normalized spacial score (nSPS) is 12.3. The van der Waals surface area contributed by atoms with Gasteiger partial charge < -0.3 is 0 Å². The minimum atomic E-state index is -3.84. The number of halogens is 2. The van der Waals surface area contributed by atoms with E-state index in [2.05, 4.69) is 10.5 Å². The van der Waals surface area contributed by atoms with Crippen LogP contribution >= 0.6 is 0 Å². The summed E-state index contributed by atoms with van der Waals surface area (Å²) in [6, 6.07) is 9.09. The minimum Gasteiger partial charge on any atom is -0.272 e. The largest absolute Gasteiger partial charge is 0.272 e. The first-order chi connectivity index (χ1) is 12.6. The first-order valence-corrected chi connectivity index (χ1v) is 9.37. The number of carbonyl (C=O) groups is 1. The Morgan fingerprint density at radius 3 is 2.41 bits per heavy atom. The zero-order valence-electron chi connectivity index (χ0n) is 15.0. The number of nitrogens with zero attached hydrogens (tertiary/aromatic N) is 2. The van der Waals surface area contributed by atoms with Gasteiger partial charge in [0.15, 0.2) is 0 Å². The van der Waals surface area contributed by atoms with Gasteiger partial charge in [-0.15, -0.1) is 0 Å². The molecule has 0 fully saturated rings. The lowest BCUT2D eigenvalue weighted by Gasteiger charge is -2.16. The van der Waals surface area contributed by atoms with Crippen LogP contribution in [0.3, 0.4) is 0 Å². The second-order valence-corrected chi connectivity index (χ2v) is 7.98. The Bertz CT molecular complexity index is 974. The molecule has 2 rings (SSSR count). The molecule has 1 N–H and O–H groups in total. The van der Waals surface area contributed by atoms with E-state index < -0.39 is 34.1 Å². The summed E-state index contributed by atoms with van der Waals surface area (Å²) in [7, 11) is -2.58. The maximum atomic E-state index is 13.7. The van der Waals surface area contributed by atoms with E-state index in [0.717, 1.165) is 28.1 Å². The number of likely N-dealkylation sites (N-methyl/N-ethyl adjacent to an activating group) is 1. The van der Waals surface area contributed by atoms with Gasteiger partial charge in [0.1, 0.15) is 11.6 Å². The summed E-state index contributed by atoms with van der Waals surface area (Å²) >= 11 is 0. The average Bonchev–Trinajstić information content (AvgIpc) is 2.62. The predicted molar refractivity (Wildman–Crippen MR) is 97.7 cm³/mol. The Hall–Kier alpha value is -2.65. The first kappa shape index (κ1) is 20.7. The molecule has 0 saturated carbocycles. The van der Waals surface area contributed by atoms with E-state index in [1.54, 1.807) is 12.1 Å². The van der Waals surface area contributed by atoms with Crippen LogP contribution in [0.15, 0.2) is 52.5 Å². The highest BCUT2D eigenvalue weighted by Gasteiger charge is 2.22. The third-order valence-electron chi connectivity index (χ3n) is 3.76. The maximum absolute atomic E-state index is 13.7. The SMILES string of the molecule is C/C(=N/NC(=O)CN(C)S(=O)(=O)c1ccc(C)cc1)c1cc(F)ccc1F. The number of hydrogen-bond acceptors (Lipinski definition) is 4. The summed E-state index contributed by atoms with van der Waals surface area (Å²) < 4.78 is 52.6. The molecular formula is C18H19F2N3O3S. The van der Waals surface area contributed by atoms with E-state index in [9.17, 15) is 22.0 Å². The van der Waals surface area contributed by atoms with Gasteiger partial charge in [-0.3, -0.25) is 4.79 Å². The van der Waals surface area contributed by atoms with Crippen LogP contribution in [0.2, 0.25) is 0 Å². The van der Waals surface area contributed by atoms with Gasteiger partial charge in [-0.25, -0.2) is 22.6 Å². The molecule has 0 radical (unpaired) electrons. The monoisotopic (exact) mass is 395 g/mol. The van der Waals surface area contributed by atoms with Crippen molar-refractivity contribution < 1.29 is 22.0 Å². The van der Waals surface area contributed by atoms with E-state index in [0.29, 0.717) is 0 Å². The van der Waals surface area contributed by atoms with E-state index in [1.807, 2.05) is 6.92 Å². The fourth-order valence-electron chi connectivity index (χ4n) is 2.19. The standard InChI is InChI=1S/C18H19F2N3O3S/c1-12-4-7-15(8-5-12)27(25,26)23(3)11-18(24)22-21-13(2)16-10-14(19)6-9-17(16)20/h4-10H,11H2,1-3H3,(H,22,24)/b21-13-. The van der Waals surface area contributed by atoms with Gasteiger partial charge in [0.05, 0.1) is 17.2 Å². The summed E-state index contributed by atoms with van der Waals surface area (Å²) in [6.45, 7) is 2.73. The quantitative estimate of drug-likeness (QED) is 0.603. The molecule has 27 heavy (non-hydrogen) atoms. The summed E-state index contributed by atoms with van der Waals surface area (Å²) in [5.41, 5.74) is 3.00. The summed E-state index contributed by atoms with van der Waals surface area (Å²) in [5.74, 6) is -2.05. The van der Waals surface area contributed by atoms with Gasteiger partial charge in [0.25, 0.3) is 5.91 Å². The van der Waals surface area contributed by atoms with Gasteiger partial charge >= 0.3 is 0 Å². The Balaban J connectivity index is 2.06. The van der Waals surface area contributed by atoms with Crippen molar-refractivity contribution in [2.24, 2.45) is 5.10 Å². The number of amides is 1. The lowest BCUT2D eigenvalue weighted by molar-refractivity contribution is -0.121. The molecule has 0 aliphatic carbocycles. The number of rotatable bonds is 6. The number of nitrogens with one attached hydrogen (secondary N) is 1. The molecule has 0 saturated heterocycles. The van der Waals surface area contributed by atoms with E-state index in [4.69, 9.17) is 0 Å². The Kier molecular flexibility index (Phi) is 6.40. The zero-order valence-corrected chi connectivity index (χ0v) is 15.8. The third kappa shape index (κ3) is 5.18. The van der Waals surface area contributed by atoms with Crippen molar-refractivity contribution in [1.82, 2.24) is 9.73 Å². The number of benzene rings is 2. The molecule has 0 aliphatic rings. The Morgan fingerprint density at radius 1 is 1.15 bits per heavy atom. The van der Waals surface area contributed by atoms with Crippen LogP contribution in [-0.4, -0.2) is 37.9 Å². The molecular weight excluding hydrogens is 376 g/mol. The molecule has 144 valence electrons. The molecule has 9 heteroatoms. The van der Waals surface area contributed by atoms with Crippen LogP contribution in [-0.2, 0) is 14.8 Å². The fraction of sp³-hybridized carbons (Fsp3) is 0.222. The molecule has 0 heterocycles. The van der Waals surface area contributed by atoms with Crippen LogP contribution < -0.4 is 5.43 Å². The zero-order chi connectivity index (χ0) is 20.2. The second kappa shape index (κ2) is 8.36. The molecule has 0 aliphatic heterocycles. The minimum absolute atomic E-state index is 0.0457. The number of hydrazone groups is 1. The van der Waals surface area contributed by atoms with Crippen molar-refractivity contribution in [2.75, 3.05) is 13.6 Å². The van der Waals surface area contributed by atoms with Crippen molar-refractivity contribution in [3.63, 3.8) is 0 Å². The van der Waals surface area contributed by atoms with Crippen molar-refractivity contribution >= 4 is 21.6 Å². The van der Waals surface area contributed by atoms with Crippen LogP contribution in [0.1, 0.15) is 18.1 Å². The molecule has 0 bridgehead atoms. The highest BCUT2D eigenvalue weighted by Crippen LogP contribution is 2.15. The molecule has 1 amide bonds. The van der Waals surface area contributed by atoms with Gasteiger partial charge in [-0.2, -0.15) is 9.41 Å². The molecule has 0 atom stereocenters. The molecule has 0 spiro atoms. The fourth-order valence-corrected chi connectivity index (χ4v) is 3.32. The van der Waals surface area contributed by atoms with Gasteiger partial charge in [0.2, 0.25) is 10.0 Å². The van der Waals surface area contributed by atoms with Gasteiger partial charge in [-0.1, -0.05) is 17.7 Å². The van der Waals surface area contributed by atoms with E-state index >= 15 is 0 Å². The molecule has 2 aromatic carbocycles. The van der Waals surface area contributed by atoms with Crippen molar-refractivity contribution in [1.29, 1.82) is 0 Å². The summed E-state index contributed by atoms with van der Waals surface area (Å²) in [6.07, 6.45) is 0. The molecule has 0 aromatic heterocycles. The smallest absolute Gasteiger partial charge is 0.255 e. The second-order valence-electron chi connectivity index (χ2n) is 5.93. The molecule has 2 aromatic rings. The number of sulfonamides is 1. The number of aryl methyl sites for hydroxylation is 1. The molecule has 0 unspecified atom stereocenters. The maximum Gasteiger partial charge on any atom is 0.255 e. The topological polar surface area (TPSA) is 78.8 Å². The van der Waals surface area contributed by atoms with Crippen molar-refractivity contribution in [3.8, 4) is 0 Å². The predicted octanol–water partition coefficient (Wildman–Crippen LogP) is 2.43. The third-order valence-corrected chi connectivity index (χ3v) is 5.58. The van der Waals surface area contributed by atoms with Crippen LogP contribution in [0.4, 0.5) is 8.78 Å². The molecule has 6 nitrogen and oxygen atoms in total. The van der Waals surface area contributed by atoms with E-state index in [-0.39, 0.29) is 16.2 Å². The van der Waals surface area contributed by atoms with Crippen LogP contribution in [0.25, 0.3) is 0 Å². The summed E-state index contributed by atoms with van der Waals surface area (Å²) in [5, 5.41) is 3.70. The lowest BCUT2D eigenvalue weighted by Crippen LogP contribution is -2.37. The highest BCUT2D eigenvalue weighted by molar-refractivity contribution is 7.89. The number of hydrogen-bond donors (Lipinski definition) is 1. The van der Waals surface area contributed by atoms with Gasteiger partial charge in [0, 0.05) is 12.6 Å². The van der Waals surface area contributed by atoms with Crippen LogP contribution in [0.5, 0.6) is 0 Å². The lowest BCUT2D eigenvalue weighted by atomic mass is 10.1. The van der Waals surface area contributed by atoms with Crippen molar-refractivity contribution in [2.45, 2.75) is 18.7 Å². The van der Waals surface area contributed by atoms with Crippen molar-refractivity contribution in [3.05, 3.63) is 65.2 Å². The average molecular weight is 395 g/mol. The Morgan fingerprint density at radius 2 is 1.78 bits per heavy atom. The first-order valence-electron chi connectivity index (χ1n) is 7.93. The highest BCUT2D eigenvalue weighted by atomic mass is 32.2. The van der Waals surface area contributed by atoms with E-state index in [1.165, 1.54) is 26.1 Å². The van der Waals surface area contributed by atoms with Crippen LogP contribution in [0, 0.1) is 18.6 Å². The number of carbonyl (C=O) groups excluding carboxylic acids is 1. The summed E-state index contributed by atoms with van der Waals surface area (Å²) in [4.78, 5) is 12.0. The van der Waals surface area contributed by atoms with Gasteiger partial charge in [-0.05, 0) is 44.2 Å². The Labute approximate surface area is 156 Å².